The van der Waals surface area contributed by atoms with Crippen molar-refractivity contribution in [3.63, 3.8) is 0 Å². The first-order valence-electron chi connectivity index (χ1n) is 11.1. The van der Waals surface area contributed by atoms with Crippen LogP contribution in [0.5, 0.6) is 0 Å². The average molecular weight is 443 g/mol. The zero-order valence-electron chi connectivity index (χ0n) is 19.0. The van der Waals surface area contributed by atoms with Crippen molar-refractivity contribution in [3.05, 3.63) is 64.9 Å². The minimum absolute atomic E-state index is 0.114. The lowest BCUT2D eigenvalue weighted by Crippen LogP contribution is -2.46. The van der Waals surface area contributed by atoms with Crippen LogP contribution in [0.3, 0.4) is 0 Å². The molecule has 1 amide bonds. The van der Waals surface area contributed by atoms with Gasteiger partial charge in [-0.3, -0.25) is 10.1 Å². The molecule has 1 fully saturated rings. The summed E-state index contributed by atoms with van der Waals surface area (Å²) in [7, 11) is 0. The zero-order valence-corrected chi connectivity index (χ0v) is 19.0. The van der Waals surface area contributed by atoms with Gasteiger partial charge in [-0.15, -0.1) is 10.2 Å². The van der Waals surface area contributed by atoms with Gasteiger partial charge in [0.2, 0.25) is 11.8 Å². The molecule has 0 saturated carbocycles. The fraction of sp³-hybridized carbons (Fsp3) is 0.280. The molecule has 0 aliphatic carbocycles. The highest BCUT2D eigenvalue weighted by atomic mass is 16.4. The van der Waals surface area contributed by atoms with Crippen LogP contribution < -0.4 is 10.6 Å². The van der Waals surface area contributed by atoms with Gasteiger partial charge >= 0.3 is 0 Å². The third-order valence-corrected chi connectivity index (χ3v) is 5.98. The maximum absolute atomic E-state index is 12.6. The molecule has 0 bridgehead atoms. The van der Waals surface area contributed by atoms with E-state index in [1.165, 1.54) is 16.7 Å². The lowest BCUT2D eigenvalue weighted by atomic mass is 9.94. The van der Waals surface area contributed by atoms with E-state index in [0.29, 0.717) is 30.7 Å². The van der Waals surface area contributed by atoms with Crippen LogP contribution in [0.15, 0.2) is 46.9 Å². The molecule has 2 aromatic heterocycles. The van der Waals surface area contributed by atoms with E-state index in [4.69, 9.17) is 4.42 Å². The van der Waals surface area contributed by atoms with Gasteiger partial charge in [-0.1, -0.05) is 18.2 Å². The number of nitrogens with zero attached hydrogens (tertiary/aromatic N) is 4. The minimum Gasteiger partial charge on any atom is -0.435 e. The Morgan fingerprint density at radius 3 is 2.52 bits per heavy atom. The van der Waals surface area contributed by atoms with E-state index in [1.807, 2.05) is 13.0 Å². The molecule has 4 aromatic rings. The van der Waals surface area contributed by atoms with E-state index >= 15 is 0 Å². The number of hydrogen-bond donors (Lipinski definition) is 2. The van der Waals surface area contributed by atoms with E-state index in [0.717, 1.165) is 35.2 Å². The van der Waals surface area contributed by atoms with Crippen molar-refractivity contribution in [2.45, 2.75) is 20.8 Å². The largest absolute Gasteiger partial charge is 0.435 e. The predicted octanol–water partition coefficient (Wildman–Crippen LogP) is 4.00. The maximum Gasteiger partial charge on any atom is 0.289 e. The Balaban J connectivity index is 1.40. The van der Waals surface area contributed by atoms with Crippen molar-refractivity contribution in [3.8, 4) is 11.1 Å². The zero-order chi connectivity index (χ0) is 22.9. The Hall–Kier alpha value is -3.78. The highest BCUT2D eigenvalue weighted by Crippen LogP contribution is 2.31. The van der Waals surface area contributed by atoms with Gasteiger partial charge in [0.25, 0.3) is 5.91 Å². The quantitative estimate of drug-likeness (QED) is 0.493. The number of rotatable bonds is 4. The molecule has 0 spiro atoms. The summed E-state index contributed by atoms with van der Waals surface area (Å²) in [5.41, 5.74) is 7.27. The number of benzene rings is 2. The summed E-state index contributed by atoms with van der Waals surface area (Å²) in [6, 6.07) is 13.8. The number of furan rings is 1. The van der Waals surface area contributed by atoms with Crippen LogP contribution in [-0.4, -0.2) is 52.2 Å². The van der Waals surface area contributed by atoms with Gasteiger partial charge in [0.05, 0.1) is 5.52 Å². The maximum atomic E-state index is 12.6. The molecule has 2 aromatic carbocycles. The third-order valence-electron chi connectivity index (χ3n) is 5.98. The van der Waals surface area contributed by atoms with E-state index in [1.54, 1.807) is 17.0 Å². The summed E-state index contributed by atoms with van der Waals surface area (Å²) >= 11 is 0. The van der Waals surface area contributed by atoms with Crippen LogP contribution in [0.1, 0.15) is 27.2 Å². The standard InChI is InChI=1S/C25H26N6O2/c1-15-5-4-6-16(2)22(15)18-13-17(3)23-19(14-18)29-30-25(28-23)27-21-8-7-20(33-21)24(32)31-11-9-26-10-12-31/h4-8,13-14,26H,9-12H2,1-3H3,(H,27,28,30). The van der Waals surface area contributed by atoms with Gasteiger partial charge in [-0.05, 0) is 66.8 Å². The Bertz CT molecular complexity index is 1320. The van der Waals surface area contributed by atoms with Crippen molar-refractivity contribution >= 4 is 28.8 Å². The second kappa shape index (κ2) is 8.63. The number of fused-ring (bicyclic) bond motifs is 1. The number of aryl methyl sites for hydroxylation is 3. The highest BCUT2D eigenvalue weighted by molar-refractivity contribution is 5.92. The Kier molecular flexibility index (Phi) is 5.51. The molecule has 0 atom stereocenters. The molecule has 0 unspecified atom stereocenters. The minimum atomic E-state index is -0.114. The molecule has 8 heteroatoms. The fourth-order valence-electron chi connectivity index (χ4n) is 4.33. The molecule has 5 rings (SSSR count). The molecule has 33 heavy (non-hydrogen) atoms. The van der Waals surface area contributed by atoms with Gasteiger partial charge < -0.3 is 14.6 Å². The number of piperazine rings is 1. The first-order valence-corrected chi connectivity index (χ1v) is 11.1. The van der Waals surface area contributed by atoms with Crippen LogP contribution in [0.25, 0.3) is 22.2 Å². The molecule has 1 aliphatic heterocycles. The molecule has 0 radical (unpaired) electrons. The smallest absolute Gasteiger partial charge is 0.289 e. The SMILES string of the molecule is Cc1cccc(C)c1-c1cc(C)c2nc(Nc3ccc(C(=O)N4CCNCC4)o3)nnc2c1. The molecule has 2 N–H and O–H groups in total. The summed E-state index contributed by atoms with van der Waals surface area (Å²) in [5, 5.41) is 14.9. The second-order valence-corrected chi connectivity index (χ2v) is 8.39. The number of carbonyl (C=O) groups is 1. The van der Waals surface area contributed by atoms with E-state index < -0.39 is 0 Å². The van der Waals surface area contributed by atoms with E-state index in [9.17, 15) is 4.79 Å². The van der Waals surface area contributed by atoms with E-state index in [-0.39, 0.29) is 5.91 Å². The molecule has 8 nitrogen and oxygen atoms in total. The lowest BCUT2D eigenvalue weighted by molar-refractivity contribution is 0.0705. The molecule has 3 heterocycles. The summed E-state index contributed by atoms with van der Waals surface area (Å²) in [4.78, 5) is 19.0. The van der Waals surface area contributed by atoms with Crippen LogP contribution in [0, 0.1) is 20.8 Å². The molecule has 168 valence electrons. The number of anilines is 2. The normalized spacial score (nSPS) is 14.0. The average Bonchev–Trinajstić information content (AvgIpc) is 3.28. The fourth-order valence-corrected chi connectivity index (χ4v) is 4.33. The van der Waals surface area contributed by atoms with Crippen LogP contribution in [-0.2, 0) is 0 Å². The number of carbonyl (C=O) groups excluding carboxylic acids is 1. The van der Waals surface area contributed by atoms with Gasteiger partial charge in [0.15, 0.2) is 5.76 Å². The first kappa shape index (κ1) is 21.1. The highest BCUT2D eigenvalue weighted by Gasteiger charge is 2.21. The van der Waals surface area contributed by atoms with Gasteiger partial charge in [0, 0.05) is 32.2 Å². The molecule has 1 aliphatic rings. The second-order valence-electron chi connectivity index (χ2n) is 8.39. The third kappa shape index (κ3) is 4.17. The summed E-state index contributed by atoms with van der Waals surface area (Å²) < 4.78 is 5.72. The van der Waals surface area contributed by atoms with Crippen molar-refractivity contribution in [1.82, 2.24) is 25.4 Å². The van der Waals surface area contributed by atoms with Crippen molar-refractivity contribution < 1.29 is 9.21 Å². The number of aromatic nitrogens is 3. The van der Waals surface area contributed by atoms with Crippen LogP contribution in [0.4, 0.5) is 11.8 Å². The van der Waals surface area contributed by atoms with Crippen molar-refractivity contribution in [2.75, 3.05) is 31.5 Å². The molecule has 1 saturated heterocycles. The van der Waals surface area contributed by atoms with E-state index in [2.05, 4.69) is 63.9 Å². The van der Waals surface area contributed by atoms with Gasteiger partial charge in [-0.2, -0.15) is 0 Å². The number of nitrogens with one attached hydrogen (secondary N) is 2. The van der Waals surface area contributed by atoms with Crippen molar-refractivity contribution in [2.24, 2.45) is 0 Å². The monoisotopic (exact) mass is 442 g/mol. The predicted molar refractivity (Wildman–Crippen MR) is 128 cm³/mol. The molecular formula is C25H26N6O2. The summed E-state index contributed by atoms with van der Waals surface area (Å²) in [6.07, 6.45) is 0. The lowest BCUT2D eigenvalue weighted by Gasteiger charge is -2.26. The topological polar surface area (TPSA) is 96.2 Å². The molecular weight excluding hydrogens is 416 g/mol. The summed E-state index contributed by atoms with van der Waals surface area (Å²) in [6.45, 7) is 9.17. The Labute approximate surface area is 192 Å². The van der Waals surface area contributed by atoms with Gasteiger partial charge in [0.1, 0.15) is 5.52 Å². The Morgan fingerprint density at radius 2 is 1.76 bits per heavy atom. The Morgan fingerprint density at radius 1 is 1.00 bits per heavy atom. The van der Waals surface area contributed by atoms with Crippen molar-refractivity contribution in [1.29, 1.82) is 0 Å². The first-order chi connectivity index (χ1) is 16.0. The van der Waals surface area contributed by atoms with Crippen LogP contribution >= 0.6 is 0 Å². The number of hydrogen-bond acceptors (Lipinski definition) is 7. The van der Waals surface area contributed by atoms with Crippen LogP contribution in [0.2, 0.25) is 0 Å². The number of amides is 1. The van der Waals surface area contributed by atoms with Gasteiger partial charge in [-0.25, -0.2) is 4.98 Å². The summed E-state index contributed by atoms with van der Waals surface area (Å²) in [5.74, 6) is 0.903.